The molecule has 0 aromatic heterocycles. The van der Waals surface area contributed by atoms with Crippen LogP contribution >= 0.6 is 11.6 Å². The molecule has 2 bridgehead atoms. The number of ether oxygens (including phenoxy) is 1. The van der Waals surface area contributed by atoms with Crippen molar-refractivity contribution in [2.45, 2.75) is 69.2 Å². The number of hydrogen-bond acceptors (Lipinski definition) is 10. The van der Waals surface area contributed by atoms with Crippen molar-refractivity contribution in [1.82, 2.24) is 20.0 Å². The third-order valence-corrected chi connectivity index (χ3v) is 13.1. The normalized spacial score (nSPS) is 25.0. The first-order valence-corrected chi connectivity index (χ1v) is 20.4. The second-order valence-corrected chi connectivity index (χ2v) is 16.6. The van der Waals surface area contributed by atoms with Crippen LogP contribution in [0.4, 0.5) is 11.4 Å². The van der Waals surface area contributed by atoms with E-state index in [2.05, 4.69) is 43.1 Å². The predicted octanol–water partition coefficient (Wildman–Crippen LogP) is 4.48. The van der Waals surface area contributed by atoms with E-state index in [1.165, 1.54) is 0 Å². The fraction of sp³-hybridized carbons (Fsp3) is 0.442. The summed E-state index contributed by atoms with van der Waals surface area (Å²) in [5, 5.41) is 11.8. The van der Waals surface area contributed by atoms with Crippen LogP contribution in [0.3, 0.4) is 0 Å². The van der Waals surface area contributed by atoms with Gasteiger partial charge in [0.05, 0.1) is 21.7 Å². The first-order valence-electron chi connectivity index (χ1n) is 20.0. The van der Waals surface area contributed by atoms with Crippen LogP contribution in [0, 0.1) is 17.2 Å². The maximum Gasteiger partial charge on any atom is 0.262 e. The Morgan fingerprint density at radius 1 is 0.825 bits per heavy atom. The Bertz CT molecular complexity index is 2160. The zero-order valence-electron chi connectivity index (χ0n) is 31.6. The molecule has 0 spiro atoms. The van der Waals surface area contributed by atoms with E-state index < -0.39 is 29.7 Å². The molecule has 9 rings (SSSR count). The van der Waals surface area contributed by atoms with Gasteiger partial charge in [-0.1, -0.05) is 11.6 Å². The molecule has 3 aromatic rings. The van der Waals surface area contributed by atoms with Crippen LogP contribution in [-0.4, -0.2) is 114 Å². The molecular weight excluding hydrogens is 746 g/mol. The fourth-order valence-electron chi connectivity index (χ4n) is 9.58. The standard InChI is InChI=1S/C43H44ClN7O6/c44-37-22-33(9-3-28(37)23-45)57-34-19-31-6-7-32(20-34)50(31)41(54)27-1-4-29(5-2-27)48-17-15-47(16-18-48)14-13-26-24-49(25-26)30-8-10-35-36(21-30)43(56)51(42(35)55)38-11-12-39(52)46-40(38)53/h1-5,8-10,21-22,26,31-32,34,38H,6-7,11-20,24-25H2,(H,46,52,53)/t31-,32+,34?,38?. The SMILES string of the molecule is N#Cc1ccc(OC2C[C@H]3CC[C@@H](C2)N3C(=O)c2ccc(N3CCN(CCC4CN(c5ccc6c(c5)C(=O)N(C5CCC(=O)NC5=O)C6=O)C4)CC3)cc2)cc1Cl. The van der Waals surface area contributed by atoms with Gasteiger partial charge in [-0.05, 0) is 92.7 Å². The third-order valence-electron chi connectivity index (χ3n) is 12.7. The molecule has 294 valence electrons. The molecule has 6 aliphatic heterocycles. The Morgan fingerprint density at radius 2 is 1.53 bits per heavy atom. The summed E-state index contributed by atoms with van der Waals surface area (Å²) in [6.07, 6.45) is 4.81. The van der Waals surface area contributed by atoms with Gasteiger partial charge in [-0.25, -0.2) is 0 Å². The second-order valence-electron chi connectivity index (χ2n) is 16.2. The van der Waals surface area contributed by atoms with Crippen molar-refractivity contribution in [3.8, 4) is 11.8 Å². The van der Waals surface area contributed by atoms with Crippen LogP contribution in [0.25, 0.3) is 0 Å². The van der Waals surface area contributed by atoms with Crippen LogP contribution < -0.4 is 19.9 Å². The van der Waals surface area contributed by atoms with Gasteiger partial charge in [0.2, 0.25) is 11.8 Å². The van der Waals surface area contributed by atoms with Crippen LogP contribution in [0.15, 0.2) is 60.7 Å². The number of nitrogens with one attached hydrogen (secondary N) is 1. The Morgan fingerprint density at radius 3 is 2.21 bits per heavy atom. The summed E-state index contributed by atoms with van der Waals surface area (Å²) in [5.41, 5.74) is 3.78. The van der Waals surface area contributed by atoms with Crippen molar-refractivity contribution >= 4 is 52.5 Å². The summed E-state index contributed by atoms with van der Waals surface area (Å²) < 4.78 is 6.26. The minimum atomic E-state index is -0.966. The van der Waals surface area contributed by atoms with Gasteiger partial charge >= 0.3 is 0 Å². The van der Waals surface area contributed by atoms with Crippen molar-refractivity contribution in [2.24, 2.45) is 5.92 Å². The van der Waals surface area contributed by atoms with E-state index >= 15 is 0 Å². The lowest BCUT2D eigenvalue weighted by Gasteiger charge is -2.43. The lowest BCUT2D eigenvalue weighted by atomic mass is 9.94. The Balaban J connectivity index is 0.715. The van der Waals surface area contributed by atoms with E-state index in [4.69, 9.17) is 21.6 Å². The number of rotatable bonds is 9. The Hall–Kier alpha value is -5.45. The first kappa shape index (κ1) is 37.1. The third kappa shape index (κ3) is 7.10. The van der Waals surface area contributed by atoms with Crippen LogP contribution in [0.5, 0.6) is 5.75 Å². The number of nitrogens with zero attached hydrogens (tertiary/aromatic N) is 6. The van der Waals surface area contributed by atoms with Crippen molar-refractivity contribution in [3.63, 3.8) is 0 Å². The highest BCUT2D eigenvalue weighted by Crippen LogP contribution is 2.39. The monoisotopic (exact) mass is 789 g/mol. The van der Waals surface area contributed by atoms with Crippen LogP contribution in [-0.2, 0) is 9.59 Å². The summed E-state index contributed by atoms with van der Waals surface area (Å²) in [5.74, 6) is -0.684. The van der Waals surface area contributed by atoms with Crippen LogP contribution in [0.2, 0.25) is 5.02 Å². The average molecular weight is 790 g/mol. The highest BCUT2D eigenvalue weighted by Gasteiger charge is 2.46. The number of nitriles is 1. The molecule has 13 nitrogen and oxygen atoms in total. The van der Waals surface area contributed by atoms with Gasteiger partial charge in [0.1, 0.15) is 24.0 Å². The van der Waals surface area contributed by atoms with Gasteiger partial charge in [0.15, 0.2) is 0 Å². The number of carbonyl (C=O) groups excluding carboxylic acids is 5. The largest absolute Gasteiger partial charge is 0.490 e. The number of imide groups is 2. The molecule has 1 N–H and O–H groups in total. The average Bonchev–Trinajstić information content (AvgIpc) is 3.61. The molecule has 0 radical (unpaired) electrons. The van der Waals surface area contributed by atoms with E-state index in [1.807, 2.05) is 18.2 Å². The van der Waals surface area contributed by atoms with Gasteiger partial charge in [-0.15, -0.1) is 0 Å². The van der Waals surface area contributed by atoms with Crippen molar-refractivity contribution < 1.29 is 28.7 Å². The molecule has 2 unspecified atom stereocenters. The minimum Gasteiger partial charge on any atom is -0.490 e. The molecular formula is C43H44ClN7O6. The molecule has 0 saturated carbocycles. The highest BCUT2D eigenvalue weighted by atomic mass is 35.5. The van der Waals surface area contributed by atoms with Gasteiger partial charge in [0.25, 0.3) is 17.7 Å². The Labute approximate surface area is 336 Å². The smallest absolute Gasteiger partial charge is 0.262 e. The lowest BCUT2D eigenvalue weighted by Crippen LogP contribution is -2.54. The van der Waals surface area contributed by atoms with Crippen molar-refractivity contribution in [2.75, 3.05) is 55.6 Å². The fourth-order valence-corrected chi connectivity index (χ4v) is 9.80. The summed E-state index contributed by atoms with van der Waals surface area (Å²) in [6, 6.07) is 20.0. The van der Waals surface area contributed by atoms with E-state index in [-0.39, 0.29) is 36.9 Å². The van der Waals surface area contributed by atoms with Crippen molar-refractivity contribution in [3.05, 3.63) is 87.9 Å². The molecule has 6 aliphatic rings. The van der Waals surface area contributed by atoms with E-state index in [0.29, 0.717) is 33.4 Å². The number of amides is 5. The lowest BCUT2D eigenvalue weighted by molar-refractivity contribution is -0.136. The molecule has 3 aromatic carbocycles. The van der Waals surface area contributed by atoms with Gasteiger partial charge in [0, 0.05) is 93.6 Å². The summed E-state index contributed by atoms with van der Waals surface area (Å²) in [4.78, 5) is 74.3. The molecule has 5 saturated heterocycles. The number of halogens is 1. The van der Waals surface area contributed by atoms with E-state index in [1.54, 1.807) is 30.3 Å². The van der Waals surface area contributed by atoms with Crippen LogP contribution in [0.1, 0.15) is 81.6 Å². The number of hydrogen-bond donors (Lipinski definition) is 1. The zero-order valence-corrected chi connectivity index (χ0v) is 32.3. The number of carbonyl (C=O) groups is 5. The first-order chi connectivity index (χ1) is 27.6. The maximum absolute atomic E-state index is 13.7. The minimum absolute atomic E-state index is 0.000492. The molecule has 6 heterocycles. The number of benzene rings is 3. The predicted molar refractivity (Wildman–Crippen MR) is 211 cm³/mol. The molecule has 4 atom stereocenters. The molecule has 0 aliphatic carbocycles. The quantitative estimate of drug-likeness (QED) is 0.308. The number of piperidine rings is 2. The summed E-state index contributed by atoms with van der Waals surface area (Å²) in [7, 11) is 0. The summed E-state index contributed by atoms with van der Waals surface area (Å²) in [6.45, 7) is 6.55. The molecule has 14 heteroatoms. The van der Waals surface area contributed by atoms with Gasteiger partial charge in [-0.2, -0.15) is 5.26 Å². The zero-order chi connectivity index (χ0) is 39.4. The number of fused-ring (bicyclic) bond motifs is 3. The summed E-state index contributed by atoms with van der Waals surface area (Å²) >= 11 is 6.22. The molecule has 5 amide bonds. The number of piperazine rings is 1. The number of anilines is 2. The Kier molecular flexibility index (Phi) is 9.86. The second kappa shape index (κ2) is 15.1. The maximum atomic E-state index is 13.7. The van der Waals surface area contributed by atoms with E-state index in [0.717, 1.165) is 99.8 Å². The topological polar surface area (TPSA) is 147 Å². The molecule has 5 fully saturated rings. The van der Waals surface area contributed by atoms with E-state index in [9.17, 15) is 24.0 Å². The molecule has 57 heavy (non-hydrogen) atoms. The highest BCUT2D eigenvalue weighted by molar-refractivity contribution is 6.31. The van der Waals surface area contributed by atoms with Gasteiger partial charge in [-0.3, -0.25) is 39.1 Å². The van der Waals surface area contributed by atoms with Crippen molar-refractivity contribution in [1.29, 1.82) is 5.26 Å². The van der Waals surface area contributed by atoms with Gasteiger partial charge < -0.3 is 19.4 Å².